The van der Waals surface area contributed by atoms with Crippen molar-refractivity contribution in [2.45, 2.75) is 32.7 Å². The number of nitro benzene ring substituents is 1. The number of ketones is 1. The zero-order valence-electron chi connectivity index (χ0n) is 18.3. The normalized spacial score (nSPS) is 20.3. The van der Waals surface area contributed by atoms with E-state index in [1.807, 2.05) is 18.2 Å². The molecule has 0 spiro atoms. The highest BCUT2D eigenvalue weighted by molar-refractivity contribution is 6.10. The largest absolute Gasteiger partial charge is 0.454 e. The Morgan fingerprint density at radius 1 is 1.03 bits per heavy atom. The highest BCUT2D eigenvalue weighted by Crippen LogP contribution is 2.53. The highest BCUT2D eigenvalue weighted by Gasteiger charge is 2.42. The Morgan fingerprint density at radius 3 is 2.45 bits per heavy atom. The van der Waals surface area contributed by atoms with E-state index in [1.54, 1.807) is 6.07 Å². The topological polar surface area (TPSA) is 90.7 Å². The number of fused-ring (bicyclic) bond motifs is 4. The van der Waals surface area contributed by atoms with Gasteiger partial charge in [0.25, 0.3) is 5.69 Å². The standard InChI is InChI=1S/C26H22N2O5/c1-26(2)11-18-16-7-14-5-3-4-6-15(14)8-19(16)27-25(24(18)21(29)12-26)17-9-22-23(33-13-32-22)10-20(17)28(30)31/h3-10,25,27H,11-13H2,1-2H3/t25-/m0/s1. The molecule has 1 atom stereocenters. The molecule has 0 radical (unpaired) electrons. The number of nitrogens with zero attached hydrogens (tertiary/aromatic N) is 1. The molecule has 0 saturated heterocycles. The van der Waals surface area contributed by atoms with E-state index in [2.05, 4.69) is 37.4 Å². The molecule has 0 unspecified atom stereocenters. The van der Waals surface area contributed by atoms with Crippen LogP contribution in [0.1, 0.15) is 43.9 Å². The number of Topliss-reactive ketones (excluding diaryl/α,β-unsaturated/α-hetero) is 1. The van der Waals surface area contributed by atoms with E-state index in [9.17, 15) is 14.9 Å². The quantitative estimate of drug-likeness (QED) is 0.399. The molecule has 166 valence electrons. The third-order valence-corrected chi connectivity index (χ3v) is 6.75. The van der Waals surface area contributed by atoms with Crippen LogP contribution >= 0.6 is 0 Å². The summed E-state index contributed by atoms with van der Waals surface area (Å²) in [7, 11) is 0. The number of benzene rings is 3. The summed E-state index contributed by atoms with van der Waals surface area (Å²) in [6.45, 7) is 4.20. The van der Waals surface area contributed by atoms with Crippen LogP contribution in [-0.4, -0.2) is 17.5 Å². The van der Waals surface area contributed by atoms with Crippen LogP contribution in [0.15, 0.2) is 54.1 Å². The average Bonchev–Trinajstić information content (AvgIpc) is 3.23. The van der Waals surface area contributed by atoms with Gasteiger partial charge in [-0.2, -0.15) is 0 Å². The van der Waals surface area contributed by atoms with E-state index in [0.29, 0.717) is 29.1 Å². The van der Waals surface area contributed by atoms with Gasteiger partial charge >= 0.3 is 0 Å². The molecular formula is C26H22N2O5. The lowest BCUT2D eigenvalue weighted by Gasteiger charge is -2.39. The van der Waals surface area contributed by atoms with E-state index in [-0.39, 0.29) is 23.7 Å². The van der Waals surface area contributed by atoms with Gasteiger partial charge in [-0.1, -0.05) is 38.1 Å². The van der Waals surface area contributed by atoms with Crippen molar-refractivity contribution in [2.75, 3.05) is 12.1 Å². The monoisotopic (exact) mass is 442 g/mol. The molecule has 7 nitrogen and oxygen atoms in total. The summed E-state index contributed by atoms with van der Waals surface area (Å²) in [5.74, 6) is 0.815. The molecule has 2 heterocycles. The summed E-state index contributed by atoms with van der Waals surface area (Å²) in [6, 6.07) is 14.6. The van der Waals surface area contributed by atoms with E-state index in [0.717, 1.165) is 34.0 Å². The summed E-state index contributed by atoms with van der Waals surface area (Å²) in [5, 5.41) is 17.6. The molecule has 0 saturated carbocycles. The summed E-state index contributed by atoms with van der Waals surface area (Å²) in [4.78, 5) is 25.1. The van der Waals surface area contributed by atoms with Gasteiger partial charge < -0.3 is 14.8 Å². The van der Waals surface area contributed by atoms with E-state index >= 15 is 0 Å². The Balaban J connectivity index is 1.62. The number of allylic oxidation sites excluding steroid dienone is 1. The van der Waals surface area contributed by atoms with Crippen molar-refractivity contribution < 1.29 is 19.2 Å². The molecular weight excluding hydrogens is 420 g/mol. The van der Waals surface area contributed by atoms with Crippen LogP contribution in [0.3, 0.4) is 0 Å². The first-order chi connectivity index (χ1) is 15.8. The van der Waals surface area contributed by atoms with Crippen molar-refractivity contribution in [1.82, 2.24) is 0 Å². The lowest BCUT2D eigenvalue weighted by atomic mass is 9.68. The van der Waals surface area contributed by atoms with Gasteiger partial charge in [-0.3, -0.25) is 14.9 Å². The molecule has 7 heteroatoms. The van der Waals surface area contributed by atoms with E-state index < -0.39 is 11.0 Å². The smallest absolute Gasteiger partial charge is 0.279 e. The van der Waals surface area contributed by atoms with Crippen molar-refractivity contribution in [3.8, 4) is 11.5 Å². The second kappa shape index (κ2) is 6.81. The molecule has 33 heavy (non-hydrogen) atoms. The van der Waals surface area contributed by atoms with Crippen molar-refractivity contribution in [3.05, 3.63) is 75.3 Å². The van der Waals surface area contributed by atoms with Crippen LogP contribution in [-0.2, 0) is 4.79 Å². The Labute approximate surface area is 190 Å². The fourth-order valence-corrected chi connectivity index (χ4v) is 5.32. The molecule has 3 aliphatic rings. The Kier molecular flexibility index (Phi) is 4.08. The first-order valence-electron chi connectivity index (χ1n) is 10.9. The summed E-state index contributed by atoms with van der Waals surface area (Å²) in [5.41, 5.74) is 3.56. The molecule has 6 rings (SSSR count). The lowest BCUT2D eigenvalue weighted by molar-refractivity contribution is -0.385. The van der Waals surface area contributed by atoms with Crippen LogP contribution in [0.25, 0.3) is 16.3 Å². The van der Waals surface area contributed by atoms with Gasteiger partial charge in [-0.15, -0.1) is 0 Å². The Morgan fingerprint density at radius 2 is 1.73 bits per heavy atom. The molecule has 0 fully saturated rings. The van der Waals surface area contributed by atoms with Gasteiger partial charge in [0.2, 0.25) is 6.79 Å². The van der Waals surface area contributed by atoms with Crippen molar-refractivity contribution in [3.63, 3.8) is 0 Å². The van der Waals surface area contributed by atoms with Crippen LogP contribution in [0.4, 0.5) is 11.4 Å². The van der Waals surface area contributed by atoms with Gasteiger partial charge in [-0.25, -0.2) is 0 Å². The number of carbonyl (C=O) groups is 1. The number of carbonyl (C=O) groups excluding carboxylic acids is 1. The van der Waals surface area contributed by atoms with Crippen molar-refractivity contribution in [2.24, 2.45) is 5.41 Å². The number of nitro groups is 1. The number of ether oxygens (including phenoxy) is 2. The molecule has 2 aliphatic heterocycles. The minimum atomic E-state index is -0.646. The van der Waals surface area contributed by atoms with Crippen LogP contribution < -0.4 is 14.8 Å². The van der Waals surface area contributed by atoms with Gasteiger partial charge in [-0.05, 0) is 46.4 Å². The zero-order chi connectivity index (χ0) is 22.9. The van der Waals surface area contributed by atoms with Crippen LogP contribution in [0.5, 0.6) is 11.5 Å². The van der Waals surface area contributed by atoms with Gasteiger partial charge in [0, 0.05) is 23.2 Å². The number of nitrogens with one attached hydrogen (secondary N) is 1. The maximum atomic E-state index is 13.5. The van der Waals surface area contributed by atoms with Crippen LogP contribution in [0.2, 0.25) is 0 Å². The van der Waals surface area contributed by atoms with E-state index in [4.69, 9.17) is 9.47 Å². The first kappa shape index (κ1) is 19.8. The zero-order valence-corrected chi connectivity index (χ0v) is 18.3. The first-order valence-corrected chi connectivity index (χ1v) is 10.9. The summed E-state index contributed by atoms with van der Waals surface area (Å²) in [6.07, 6.45) is 1.11. The van der Waals surface area contributed by atoms with Gasteiger partial charge in [0.1, 0.15) is 0 Å². The average molecular weight is 442 g/mol. The predicted octanol–water partition coefficient (Wildman–Crippen LogP) is 5.79. The lowest BCUT2D eigenvalue weighted by Crippen LogP contribution is -2.33. The Hall–Kier alpha value is -3.87. The minimum absolute atomic E-state index is 0.0178. The minimum Gasteiger partial charge on any atom is -0.454 e. The maximum absolute atomic E-state index is 13.5. The molecule has 1 aliphatic carbocycles. The summed E-state index contributed by atoms with van der Waals surface area (Å²) >= 11 is 0. The number of hydrogen-bond acceptors (Lipinski definition) is 6. The summed E-state index contributed by atoms with van der Waals surface area (Å²) < 4.78 is 10.9. The third-order valence-electron chi connectivity index (χ3n) is 6.75. The predicted molar refractivity (Wildman–Crippen MR) is 124 cm³/mol. The molecule has 1 N–H and O–H groups in total. The van der Waals surface area contributed by atoms with Crippen LogP contribution in [0, 0.1) is 15.5 Å². The molecule has 0 amide bonds. The van der Waals surface area contributed by atoms with E-state index in [1.165, 1.54) is 6.07 Å². The Bertz CT molecular complexity index is 1410. The van der Waals surface area contributed by atoms with Gasteiger partial charge in [0.15, 0.2) is 17.3 Å². The maximum Gasteiger partial charge on any atom is 0.279 e. The fourth-order valence-electron chi connectivity index (χ4n) is 5.32. The number of hydrogen-bond donors (Lipinski definition) is 1. The third kappa shape index (κ3) is 3.07. The molecule has 0 bridgehead atoms. The molecule has 3 aromatic carbocycles. The van der Waals surface area contributed by atoms with Crippen molar-refractivity contribution >= 4 is 33.5 Å². The SMILES string of the molecule is CC1(C)CC(=O)C2=C(C1)c1cc3ccccc3cc1N[C@H]2c1cc2c(cc1[N+](=O)[O-])OCO2. The van der Waals surface area contributed by atoms with Crippen molar-refractivity contribution in [1.29, 1.82) is 0 Å². The van der Waals surface area contributed by atoms with Gasteiger partial charge in [0.05, 0.1) is 22.6 Å². The number of rotatable bonds is 2. The number of anilines is 1. The fraction of sp³-hybridized carbons (Fsp3) is 0.269. The second-order valence-corrected chi connectivity index (χ2v) is 9.68. The molecule has 0 aromatic heterocycles. The molecule has 3 aromatic rings. The highest BCUT2D eigenvalue weighted by atomic mass is 16.7. The second-order valence-electron chi connectivity index (χ2n) is 9.68.